The normalized spacial score (nSPS) is 17.0. The average molecular weight is 300 g/mol. The minimum Gasteiger partial charge on any atom is -0.339 e. The Balaban J connectivity index is 1.46. The van der Waals surface area contributed by atoms with Gasteiger partial charge in [0.2, 0.25) is 5.89 Å². The number of hydrogen-bond acceptors (Lipinski definition) is 6. The molecule has 0 unspecified atom stereocenters. The Morgan fingerprint density at radius 2 is 2.05 bits per heavy atom. The molecule has 0 amide bonds. The molecule has 5 nitrogen and oxygen atoms in total. The fourth-order valence-corrected chi connectivity index (χ4v) is 3.55. The number of fused-ring (bicyclic) bond motifs is 1. The van der Waals surface area contributed by atoms with Gasteiger partial charge in [-0.2, -0.15) is 4.98 Å². The Labute approximate surface area is 126 Å². The zero-order valence-corrected chi connectivity index (χ0v) is 12.4. The number of para-hydroxylation sites is 1. The maximum absolute atomic E-state index is 6.20. The summed E-state index contributed by atoms with van der Waals surface area (Å²) in [5.74, 6) is 1.31. The van der Waals surface area contributed by atoms with Gasteiger partial charge in [-0.1, -0.05) is 17.3 Å². The van der Waals surface area contributed by atoms with Crippen molar-refractivity contribution >= 4 is 21.6 Å². The highest BCUT2D eigenvalue weighted by molar-refractivity contribution is 7.18. The van der Waals surface area contributed by atoms with Crippen molar-refractivity contribution in [2.24, 2.45) is 5.73 Å². The van der Waals surface area contributed by atoms with E-state index >= 15 is 0 Å². The molecule has 1 saturated carbocycles. The molecular formula is C15H16N4OS. The Morgan fingerprint density at radius 3 is 2.81 bits per heavy atom. The maximum Gasteiger partial charge on any atom is 0.227 e. The molecule has 2 aromatic heterocycles. The maximum atomic E-state index is 6.20. The van der Waals surface area contributed by atoms with Crippen molar-refractivity contribution in [3.63, 3.8) is 0 Å². The lowest BCUT2D eigenvalue weighted by Crippen LogP contribution is -2.44. The van der Waals surface area contributed by atoms with Crippen molar-refractivity contribution in [1.82, 2.24) is 15.1 Å². The number of thiazole rings is 1. The van der Waals surface area contributed by atoms with Crippen LogP contribution in [0.3, 0.4) is 0 Å². The number of aryl methyl sites for hydroxylation is 2. The molecule has 4 rings (SSSR count). The summed E-state index contributed by atoms with van der Waals surface area (Å²) >= 11 is 1.72. The Hall–Kier alpha value is -1.79. The van der Waals surface area contributed by atoms with Gasteiger partial charge in [0.15, 0.2) is 5.82 Å². The van der Waals surface area contributed by atoms with Crippen molar-refractivity contribution < 1.29 is 4.52 Å². The standard InChI is InChI=1S/C15H16N4OS/c16-15(8-3-9-15)14-18-12(20-19-14)6-7-13-17-10-4-1-2-5-11(10)21-13/h1-2,4-5H,3,6-9,16H2. The van der Waals surface area contributed by atoms with Gasteiger partial charge in [-0.05, 0) is 31.4 Å². The summed E-state index contributed by atoms with van der Waals surface area (Å²) in [7, 11) is 0. The SMILES string of the molecule is NC1(c2noc(CCc3nc4ccccc4s3)n2)CCC1. The van der Waals surface area contributed by atoms with Crippen molar-refractivity contribution in [3.8, 4) is 0 Å². The fraction of sp³-hybridized carbons (Fsp3) is 0.400. The van der Waals surface area contributed by atoms with Gasteiger partial charge in [-0.15, -0.1) is 11.3 Å². The topological polar surface area (TPSA) is 77.8 Å². The molecule has 0 aliphatic heterocycles. The van der Waals surface area contributed by atoms with Crippen LogP contribution in [0.15, 0.2) is 28.8 Å². The van der Waals surface area contributed by atoms with Gasteiger partial charge in [0.1, 0.15) is 0 Å². The minimum atomic E-state index is -0.350. The zero-order chi connectivity index (χ0) is 14.3. The van der Waals surface area contributed by atoms with E-state index < -0.39 is 0 Å². The zero-order valence-electron chi connectivity index (χ0n) is 11.6. The van der Waals surface area contributed by atoms with Gasteiger partial charge in [0.25, 0.3) is 0 Å². The number of aromatic nitrogens is 3. The van der Waals surface area contributed by atoms with Crippen LogP contribution in [-0.2, 0) is 18.4 Å². The summed E-state index contributed by atoms with van der Waals surface area (Å²) in [6.07, 6.45) is 4.57. The third kappa shape index (κ3) is 2.34. The predicted molar refractivity (Wildman–Crippen MR) is 81.0 cm³/mol. The van der Waals surface area contributed by atoms with Crippen LogP contribution in [0.25, 0.3) is 10.2 Å². The van der Waals surface area contributed by atoms with Crippen LogP contribution in [-0.4, -0.2) is 15.1 Å². The molecule has 2 N–H and O–H groups in total. The molecular weight excluding hydrogens is 284 g/mol. The quantitative estimate of drug-likeness (QED) is 0.801. The number of hydrogen-bond donors (Lipinski definition) is 1. The lowest BCUT2D eigenvalue weighted by molar-refractivity contribution is 0.229. The van der Waals surface area contributed by atoms with E-state index in [9.17, 15) is 0 Å². The van der Waals surface area contributed by atoms with Crippen LogP contribution in [0.1, 0.15) is 36.0 Å². The first kappa shape index (κ1) is 12.9. The van der Waals surface area contributed by atoms with E-state index in [0.29, 0.717) is 18.1 Å². The van der Waals surface area contributed by atoms with Gasteiger partial charge in [-0.25, -0.2) is 4.98 Å². The largest absolute Gasteiger partial charge is 0.339 e. The molecule has 1 aromatic carbocycles. The van der Waals surface area contributed by atoms with E-state index in [1.54, 1.807) is 11.3 Å². The number of benzene rings is 1. The van der Waals surface area contributed by atoms with Crippen LogP contribution in [0.4, 0.5) is 0 Å². The molecule has 0 saturated heterocycles. The number of rotatable bonds is 4. The molecule has 1 fully saturated rings. The van der Waals surface area contributed by atoms with Crippen LogP contribution < -0.4 is 5.73 Å². The van der Waals surface area contributed by atoms with E-state index in [0.717, 1.165) is 36.2 Å². The van der Waals surface area contributed by atoms with Gasteiger partial charge >= 0.3 is 0 Å². The van der Waals surface area contributed by atoms with Gasteiger partial charge in [0, 0.05) is 12.8 Å². The Bertz CT molecular complexity index is 742. The summed E-state index contributed by atoms with van der Waals surface area (Å²) in [5, 5.41) is 5.14. The number of nitrogens with two attached hydrogens (primary N) is 1. The minimum absolute atomic E-state index is 0.350. The molecule has 21 heavy (non-hydrogen) atoms. The molecule has 1 aliphatic rings. The average Bonchev–Trinajstić information content (AvgIpc) is 3.09. The Morgan fingerprint density at radius 1 is 1.19 bits per heavy atom. The van der Waals surface area contributed by atoms with Gasteiger partial charge in [0.05, 0.1) is 20.8 Å². The van der Waals surface area contributed by atoms with Crippen molar-refractivity contribution in [3.05, 3.63) is 41.0 Å². The van der Waals surface area contributed by atoms with E-state index in [1.165, 1.54) is 4.70 Å². The lowest BCUT2D eigenvalue weighted by Gasteiger charge is -2.34. The summed E-state index contributed by atoms with van der Waals surface area (Å²) in [6, 6.07) is 8.17. The lowest BCUT2D eigenvalue weighted by atomic mass is 9.77. The second-order valence-corrected chi connectivity index (χ2v) is 6.71. The van der Waals surface area contributed by atoms with E-state index in [4.69, 9.17) is 10.3 Å². The summed E-state index contributed by atoms with van der Waals surface area (Å²) < 4.78 is 6.54. The first-order chi connectivity index (χ1) is 10.2. The summed E-state index contributed by atoms with van der Waals surface area (Å²) in [6.45, 7) is 0. The third-order valence-corrected chi connectivity index (χ3v) is 5.15. The molecule has 2 heterocycles. The first-order valence-electron chi connectivity index (χ1n) is 7.19. The second-order valence-electron chi connectivity index (χ2n) is 5.60. The molecule has 0 atom stereocenters. The van der Waals surface area contributed by atoms with E-state index in [-0.39, 0.29) is 5.54 Å². The monoisotopic (exact) mass is 300 g/mol. The molecule has 1 aliphatic carbocycles. The third-order valence-electron chi connectivity index (χ3n) is 4.05. The fourth-order valence-electron chi connectivity index (χ4n) is 2.58. The smallest absolute Gasteiger partial charge is 0.227 e. The number of nitrogens with zero attached hydrogens (tertiary/aromatic N) is 3. The van der Waals surface area contributed by atoms with E-state index in [1.807, 2.05) is 18.2 Å². The molecule has 6 heteroatoms. The molecule has 108 valence electrons. The van der Waals surface area contributed by atoms with Crippen molar-refractivity contribution in [2.75, 3.05) is 0 Å². The highest BCUT2D eigenvalue weighted by atomic mass is 32.1. The highest BCUT2D eigenvalue weighted by Crippen LogP contribution is 2.36. The molecule has 0 bridgehead atoms. The van der Waals surface area contributed by atoms with Crippen LogP contribution in [0.2, 0.25) is 0 Å². The second kappa shape index (κ2) is 4.89. The summed E-state index contributed by atoms with van der Waals surface area (Å²) in [4.78, 5) is 9.06. The van der Waals surface area contributed by atoms with Gasteiger partial charge in [-0.3, -0.25) is 0 Å². The highest BCUT2D eigenvalue weighted by Gasteiger charge is 2.38. The van der Waals surface area contributed by atoms with E-state index in [2.05, 4.69) is 21.2 Å². The van der Waals surface area contributed by atoms with Crippen molar-refractivity contribution in [1.29, 1.82) is 0 Å². The molecule has 0 radical (unpaired) electrons. The van der Waals surface area contributed by atoms with Crippen LogP contribution >= 0.6 is 11.3 Å². The molecule has 0 spiro atoms. The van der Waals surface area contributed by atoms with Crippen LogP contribution in [0, 0.1) is 0 Å². The Kier molecular flexibility index (Phi) is 3.01. The van der Waals surface area contributed by atoms with Crippen LogP contribution in [0.5, 0.6) is 0 Å². The predicted octanol–water partition coefficient (Wildman–Crippen LogP) is 2.80. The van der Waals surface area contributed by atoms with Crippen molar-refractivity contribution in [2.45, 2.75) is 37.6 Å². The summed E-state index contributed by atoms with van der Waals surface area (Å²) in [5.41, 5.74) is 6.91. The molecule has 3 aromatic rings. The first-order valence-corrected chi connectivity index (χ1v) is 8.01. The van der Waals surface area contributed by atoms with Gasteiger partial charge < -0.3 is 10.3 Å².